The fraction of sp³-hybridized carbons (Fsp3) is 0.333. The van der Waals surface area contributed by atoms with Crippen LogP contribution < -0.4 is 5.32 Å². The summed E-state index contributed by atoms with van der Waals surface area (Å²) in [5.74, 6) is -1.43. The molecule has 8 nitrogen and oxygen atoms in total. The molecular formula is C12H12BrN3O5S. The number of thiazole rings is 1. The van der Waals surface area contributed by atoms with E-state index in [1.807, 2.05) is 6.92 Å². The zero-order valence-corrected chi connectivity index (χ0v) is 13.9. The van der Waals surface area contributed by atoms with E-state index in [9.17, 15) is 9.59 Å². The minimum absolute atomic E-state index is 0.0231. The molecule has 1 amide bonds. The maximum absolute atomic E-state index is 11.6. The second-order valence-corrected chi connectivity index (χ2v) is 5.51. The highest BCUT2D eigenvalue weighted by molar-refractivity contribution is 9.10. The van der Waals surface area contributed by atoms with Gasteiger partial charge in [-0.15, -0.1) is 11.3 Å². The predicted molar refractivity (Wildman–Crippen MR) is 81.4 cm³/mol. The molecular weight excluding hydrogens is 378 g/mol. The topological polar surface area (TPSA) is 104 Å². The first kappa shape index (κ1) is 16.6. The Hall–Kier alpha value is -1.78. The van der Waals surface area contributed by atoms with E-state index < -0.39 is 11.9 Å². The Morgan fingerprint density at radius 3 is 2.95 bits per heavy atom. The van der Waals surface area contributed by atoms with Gasteiger partial charge >= 0.3 is 11.9 Å². The predicted octanol–water partition coefficient (Wildman–Crippen LogP) is 2.08. The molecule has 2 heterocycles. The smallest absolute Gasteiger partial charge is 0.397 e. The fourth-order valence-electron chi connectivity index (χ4n) is 1.37. The van der Waals surface area contributed by atoms with Gasteiger partial charge in [-0.05, 0) is 22.9 Å². The summed E-state index contributed by atoms with van der Waals surface area (Å²) >= 11 is 4.31. The van der Waals surface area contributed by atoms with Gasteiger partial charge in [0.15, 0.2) is 10.9 Å². The minimum Gasteiger partial charge on any atom is -0.456 e. The SMILES string of the molecule is CCOCCOC(=O)C(=O)Nc1nc(-c2cc(Br)no2)cs1. The molecule has 2 aromatic heterocycles. The van der Waals surface area contributed by atoms with Crippen molar-refractivity contribution in [2.24, 2.45) is 0 Å². The molecule has 2 aromatic rings. The van der Waals surface area contributed by atoms with Crippen LogP contribution in [-0.4, -0.2) is 41.8 Å². The Morgan fingerprint density at radius 2 is 2.27 bits per heavy atom. The average Bonchev–Trinajstić information content (AvgIpc) is 3.12. The summed E-state index contributed by atoms with van der Waals surface area (Å²) in [5, 5.41) is 7.96. The minimum atomic E-state index is -0.987. The number of halogens is 1. The summed E-state index contributed by atoms with van der Waals surface area (Å²) in [6, 6.07) is 1.64. The Morgan fingerprint density at radius 1 is 1.45 bits per heavy atom. The quantitative estimate of drug-likeness (QED) is 0.458. The third-order valence-electron chi connectivity index (χ3n) is 2.31. The molecule has 0 atom stereocenters. The third kappa shape index (κ3) is 4.61. The first-order valence-electron chi connectivity index (χ1n) is 6.24. The van der Waals surface area contributed by atoms with Crippen molar-refractivity contribution in [3.8, 4) is 11.5 Å². The Balaban J connectivity index is 1.87. The molecule has 118 valence electrons. The third-order valence-corrected chi connectivity index (χ3v) is 3.44. The number of nitrogens with zero attached hydrogens (tertiary/aromatic N) is 2. The molecule has 22 heavy (non-hydrogen) atoms. The van der Waals surface area contributed by atoms with Gasteiger partial charge in [0.1, 0.15) is 16.9 Å². The summed E-state index contributed by atoms with van der Waals surface area (Å²) in [6.07, 6.45) is 0. The van der Waals surface area contributed by atoms with Gasteiger partial charge < -0.3 is 14.0 Å². The van der Waals surface area contributed by atoms with Crippen LogP contribution in [0.3, 0.4) is 0 Å². The van der Waals surface area contributed by atoms with Gasteiger partial charge in [0.2, 0.25) is 0 Å². The molecule has 0 saturated heterocycles. The molecule has 1 N–H and O–H groups in total. The largest absolute Gasteiger partial charge is 0.456 e. The van der Waals surface area contributed by atoms with E-state index in [4.69, 9.17) is 14.0 Å². The van der Waals surface area contributed by atoms with E-state index in [1.165, 1.54) is 0 Å². The summed E-state index contributed by atoms with van der Waals surface area (Å²) in [7, 11) is 0. The Labute approximate surface area is 137 Å². The fourth-order valence-corrected chi connectivity index (χ4v) is 2.35. The molecule has 0 aromatic carbocycles. The lowest BCUT2D eigenvalue weighted by molar-refractivity contribution is -0.153. The van der Waals surface area contributed by atoms with Crippen LogP contribution in [0.4, 0.5) is 5.13 Å². The lowest BCUT2D eigenvalue weighted by atomic mass is 10.4. The van der Waals surface area contributed by atoms with Gasteiger partial charge in [0.25, 0.3) is 0 Å². The lowest BCUT2D eigenvalue weighted by Crippen LogP contribution is -2.26. The van der Waals surface area contributed by atoms with Gasteiger partial charge in [-0.2, -0.15) is 0 Å². The highest BCUT2D eigenvalue weighted by atomic mass is 79.9. The van der Waals surface area contributed by atoms with Crippen molar-refractivity contribution < 1.29 is 23.6 Å². The monoisotopic (exact) mass is 389 g/mol. The molecule has 0 aliphatic rings. The van der Waals surface area contributed by atoms with Crippen LogP contribution >= 0.6 is 27.3 Å². The first-order chi connectivity index (χ1) is 10.6. The second kappa shape index (κ2) is 8.01. The van der Waals surface area contributed by atoms with Crippen LogP contribution in [0.5, 0.6) is 0 Å². The number of carbonyl (C=O) groups excluding carboxylic acids is 2. The van der Waals surface area contributed by atoms with Crippen LogP contribution in [0.2, 0.25) is 0 Å². The van der Waals surface area contributed by atoms with Crippen LogP contribution in [0, 0.1) is 0 Å². The van der Waals surface area contributed by atoms with Crippen LogP contribution in [0.25, 0.3) is 11.5 Å². The van der Waals surface area contributed by atoms with E-state index in [0.29, 0.717) is 22.7 Å². The zero-order valence-electron chi connectivity index (χ0n) is 11.5. The zero-order chi connectivity index (χ0) is 15.9. The molecule has 0 bridgehead atoms. The summed E-state index contributed by atoms with van der Waals surface area (Å²) in [5.41, 5.74) is 0.503. The maximum atomic E-state index is 11.6. The highest BCUT2D eigenvalue weighted by Crippen LogP contribution is 2.26. The number of hydrogen-bond donors (Lipinski definition) is 1. The molecule has 0 aliphatic carbocycles. The molecule has 0 fully saturated rings. The van der Waals surface area contributed by atoms with Crippen molar-refractivity contribution in [1.82, 2.24) is 10.1 Å². The normalized spacial score (nSPS) is 10.5. The average molecular weight is 390 g/mol. The number of carbonyl (C=O) groups is 2. The molecule has 10 heteroatoms. The molecule has 0 spiro atoms. The van der Waals surface area contributed by atoms with E-state index >= 15 is 0 Å². The van der Waals surface area contributed by atoms with E-state index in [1.54, 1.807) is 11.4 Å². The Kier molecular flexibility index (Phi) is 6.04. The van der Waals surface area contributed by atoms with Gasteiger partial charge in [-0.1, -0.05) is 5.16 Å². The van der Waals surface area contributed by atoms with Gasteiger partial charge in [0.05, 0.1) is 6.61 Å². The Bertz CT molecular complexity index is 657. The number of esters is 1. The summed E-state index contributed by atoms with van der Waals surface area (Å²) in [4.78, 5) is 27.2. The maximum Gasteiger partial charge on any atom is 0.397 e. The van der Waals surface area contributed by atoms with Crippen molar-refractivity contribution in [2.75, 3.05) is 25.1 Å². The van der Waals surface area contributed by atoms with Crippen LogP contribution in [0.15, 0.2) is 20.6 Å². The second-order valence-electron chi connectivity index (χ2n) is 3.84. The standard InChI is InChI=1S/C12H12BrN3O5S/c1-2-19-3-4-20-11(18)10(17)15-12-14-7(6-22-12)8-5-9(13)16-21-8/h5-6H,2-4H2,1H3,(H,14,15,17). The van der Waals surface area contributed by atoms with Gasteiger partial charge in [0, 0.05) is 18.1 Å². The van der Waals surface area contributed by atoms with Crippen LogP contribution in [0.1, 0.15) is 6.92 Å². The molecule has 0 saturated carbocycles. The molecule has 2 rings (SSSR count). The van der Waals surface area contributed by atoms with Crippen molar-refractivity contribution in [2.45, 2.75) is 6.92 Å². The molecule has 0 unspecified atom stereocenters. The number of anilines is 1. The molecule has 0 aliphatic heterocycles. The van der Waals surface area contributed by atoms with Gasteiger partial charge in [-0.3, -0.25) is 10.1 Å². The van der Waals surface area contributed by atoms with Crippen LogP contribution in [-0.2, 0) is 19.1 Å². The number of rotatable bonds is 6. The van der Waals surface area contributed by atoms with Gasteiger partial charge in [-0.25, -0.2) is 9.78 Å². The van der Waals surface area contributed by atoms with E-state index in [-0.39, 0.29) is 18.3 Å². The number of nitrogens with one attached hydrogen (secondary N) is 1. The lowest BCUT2D eigenvalue weighted by Gasteiger charge is -2.04. The summed E-state index contributed by atoms with van der Waals surface area (Å²) < 4.78 is 15.3. The number of ether oxygens (including phenoxy) is 2. The van der Waals surface area contributed by atoms with Crippen molar-refractivity contribution in [3.05, 3.63) is 16.0 Å². The molecule has 0 radical (unpaired) electrons. The van der Waals surface area contributed by atoms with E-state index in [0.717, 1.165) is 11.3 Å². The number of amides is 1. The number of hydrogen-bond acceptors (Lipinski definition) is 8. The van der Waals surface area contributed by atoms with Crippen molar-refractivity contribution in [1.29, 1.82) is 0 Å². The summed E-state index contributed by atoms with van der Waals surface area (Å²) in [6.45, 7) is 2.61. The first-order valence-corrected chi connectivity index (χ1v) is 7.91. The van der Waals surface area contributed by atoms with Crippen molar-refractivity contribution >= 4 is 44.3 Å². The van der Waals surface area contributed by atoms with E-state index in [2.05, 4.69) is 31.4 Å². The van der Waals surface area contributed by atoms with Crippen molar-refractivity contribution in [3.63, 3.8) is 0 Å². The highest BCUT2D eigenvalue weighted by Gasteiger charge is 2.18. The number of aromatic nitrogens is 2.